The van der Waals surface area contributed by atoms with E-state index in [2.05, 4.69) is 25.2 Å². The number of aryl methyl sites for hydroxylation is 1. The highest BCUT2D eigenvalue weighted by Crippen LogP contribution is 2.22. The van der Waals surface area contributed by atoms with E-state index < -0.39 is 0 Å². The number of hydrogen-bond acceptors (Lipinski definition) is 6. The lowest BCUT2D eigenvalue weighted by Crippen LogP contribution is -2.41. The van der Waals surface area contributed by atoms with Crippen LogP contribution in [0.4, 0.5) is 0 Å². The molecule has 0 bridgehead atoms. The van der Waals surface area contributed by atoms with Crippen molar-refractivity contribution in [1.29, 1.82) is 0 Å². The van der Waals surface area contributed by atoms with Crippen LogP contribution in [0.3, 0.4) is 0 Å². The van der Waals surface area contributed by atoms with Gasteiger partial charge in [-0.25, -0.2) is 9.97 Å². The first-order valence-corrected chi connectivity index (χ1v) is 9.68. The van der Waals surface area contributed by atoms with E-state index >= 15 is 0 Å². The fourth-order valence-corrected chi connectivity index (χ4v) is 3.31. The molecule has 0 atom stereocenters. The van der Waals surface area contributed by atoms with Crippen molar-refractivity contribution in [2.75, 3.05) is 39.4 Å². The summed E-state index contributed by atoms with van der Waals surface area (Å²) in [4.78, 5) is 27.8. The Morgan fingerprint density at radius 1 is 1.14 bits per heavy atom. The minimum Gasteiger partial charge on any atom is -0.379 e. The molecule has 4 heterocycles. The summed E-state index contributed by atoms with van der Waals surface area (Å²) in [6, 6.07) is 5.64. The molecule has 3 aromatic heterocycles. The summed E-state index contributed by atoms with van der Waals surface area (Å²) in [5, 5.41) is 3.00. The first kappa shape index (κ1) is 19.2. The van der Waals surface area contributed by atoms with Gasteiger partial charge in [-0.15, -0.1) is 0 Å². The lowest BCUT2D eigenvalue weighted by Gasteiger charge is -2.26. The number of rotatable bonds is 6. The van der Waals surface area contributed by atoms with E-state index in [9.17, 15) is 4.79 Å². The van der Waals surface area contributed by atoms with E-state index in [1.807, 2.05) is 36.0 Å². The molecule has 0 unspecified atom stereocenters. The quantitative estimate of drug-likeness (QED) is 0.686. The minimum absolute atomic E-state index is 0.0834. The van der Waals surface area contributed by atoms with Gasteiger partial charge < -0.3 is 14.6 Å². The van der Waals surface area contributed by atoms with Crippen molar-refractivity contribution in [2.24, 2.45) is 7.05 Å². The third-order valence-corrected chi connectivity index (χ3v) is 4.96. The van der Waals surface area contributed by atoms with Gasteiger partial charge in [0.05, 0.1) is 13.2 Å². The van der Waals surface area contributed by atoms with E-state index in [4.69, 9.17) is 4.74 Å². The second kappa shape index (κ2) is 8.93. The van der Waals surface area contributed by atoms with E-state index in [0.29, 0.717) is 18.1 Å². The van der Waals surface area contributed by atoms with E-state index in [0.717, 1.165) is 49.5 Å². The molecule has 8 nitrogen and oxygen atoms in total. The normalized spacial score (nSPS) is 14.7. The molecule has 150 valence electrons. The standard InChI is InChI=1S/C21H24N6O2/c1-26-15-17(18-13-24-20(25-14-18)16-3-2-4-22-12-16)11-19(26)21(28)23-5-6-27-7-9-29-10-8-27/h2-4,11-15H,5-10H2,1H3,(H,23,28). The maximum atomic E-state index is 12.6. The molecule has 1 fully saturated rings. The Bertz CT molecular complexity index is 949. The molecule has 0 aliphatic carbocycles. The highest BCUT2D eigenvalue weighted by molar-refractivity contribution is 5.94. The molecule has 3 aromatic rings. The molecule has 1 N–H and O–H groups in total. The lowest BCUT2D eigenvalue weighted by atomic mass is 10.1. The second-order valence-electron chi connectivity index (χ2n) is 6.97. The maximum Gasteiger partial charge on any atom is 0.267 e. The number of aromatic nitrogens is 4. The van der Waals surface area contributed by atoms with E-state index in [-0.39, 0.29) is 5.91 Å². The van der Waals surface area contributed by atoms with Crippen LogP contribution in [0.5, 0.6) is 0 Å². The van der Waals surface area contributed by atoms with Crippen LogP contribution in [0.1, 0.15) is 10.5 Å². The topological polar surface area (TPSA) is 85.2 Å². The van der Waals surface area contributed by atoms with Gasteiger partial charge in [0.25, 0.3) is 5.91 Å². The van der Waals surface area contributed by atoms with Gasteiger partial charge in [-0.2, -0.15) is 0 Å². The van der Waals surface area contributed by atoms with Gasteiger partial charge in [-0.1, -0.05) is 0 Å². The van der Waals surface area contributed by atoms with Crippen LogP contribution in [-0.2, 0) is 11.8 Å². The molecular weight excluding hydrogens is 368 g/mol. The predicted octanol–water partition coefficient (Wildman–Crippen LogP) is 1.61. The Morgan fingerprint density at radius 2 is 1.93 bits per heavy atom. The number of carbonyl (C=O) groups excluding carboxylic acids is 1. The molecule has 1 amide bonds. The van der Waals surface area contributed by atoms with Crippen molar-refractivity contribution < 1.29 is 9.53 Å². The van der Waals surface area contributed by atoms with Gasteiger partial charge >= 0.3 is 0 Å². The fourth-order valence-electron chi connectivity index (χ4n) is 3.31. The van der Waals surface area contributed by atoms with Crippen molar-refractivity contribution in [2.45, 2.75) is 0 Å². The summed E-state index contributed by atoms with van der Waals surface area (Å²) in [7, 11) is 1.87. The zero-order valence-corrected chi connectivity index (χ0v) is 16.4. The van der Waals surface area contributed by atoms with Gasteiger partial charge in [0, 0.05) is 80.9 Å². The maximum absolute atomic E-state index is 12.6. The molecule has 29 heavy (non-hydrogen) atoms. The SMILES string of the molecule is Cn1cc(-c2cnc(-c3cccnc3)nc2)cc1C(=O)NCCN1CCOCC1. The number of hydrogen-bond donors (Lipinski definition) is 1. The Morgan fingerprint density at radius 3 is 2.66 bits per heavy atom. The molecule has 0 radical (unpaired) electrons. The number of amides is 1. The zero-order valence-electron chi connectivity index (χ0n) is 16.4. The third-order valence-electron chi connectivity index (χ3n) is 4.96. The molecule has 0 spiro atoms. The van der Waals surface area contributed by atoms with Crippen molar-refractivity contribution in [3.05, 3.63) is 54.9 Å². The van der Waals surface area contributed by atoms with Crippen molar-refractivity contribution >= 4 is 5.91 Å². The molecule has 1 aliphatic heterocycles. The number of ether oxygens (including phenoxy) is 1. The summed E-state index contributed by atoms with van der Waals surface area (Å²) >= 11 is 0. The van der Waals surface area contributed by atoms with Crippen LogP contribution >= 0.6 is 0 Å². The second-order valence-corrected chi connectivity index (χ2v) is 6.97. The van der Waals surface area contributed by atoms with Gasteiger partial charge in [-0.3, -0.25) is 14.7 Å². The largest absolute Gasteiger partial charge is 0.379 e. The third kappa shape index (κ3) is 4.67. The van der Waals surface area contributed by atoms with Gasteiger partial charge in [-0.05, 0) is 18.2 Å². The van der Waals surface area contributed by atoms with Crippen LogP contribution < -0.4 is 5.32 Å². The van der Waals surface area contributed by atoms with Gasteiger partial charge in [0.15, 0.2) is 5.82 Å². The van der Waals surface area contributed by atoms with Crippen LogP contribution in [0, 0.1) is 0 Å². The molecule has 8 heteroatoms. The summed E-state index contributed by atoms with van der Waals surface area (Å²) in [5.41, 5.74) is 3.25. The lowest BCUT2D eigenvalue weighted by molar-refractivity contribution is 0.0383. The molecule has 0 saturated carbocycles. The van der Waals surface area contributed by atoms with Crippen molar-refractivity contribution in [1.82, 2.24) is 29.7 Å². The minimum atomic E-state index is -0.0834. The van der Waals surface area contributed by atoms with Crippen LogP contribution in [0.25, 0.3) is 22.5 Å². The average Bonchev–Trinajstić information content (AvgIpc) is 3.17. The molecule has 1 aliphatic rings. The van der Waals surface area contributed by atoms with Crippen LogP contribution in [-0.4, -0.2) is 69.7 Å². The number of morpholine rings is 1. The summed E-state index contributed by atoms with van der Waals surface area (Å²) in [5.74, 6) is 0.541. The predicted molar refractivity (Wildman–Crippen MR) is 109 cm³/mol. The Labute approximate surface area is 169 Å². The Kier molecular flexibility index (Phi) is 5.92. The van der Waals surface area contributed by atoms with Gasteiger partial charge in [0.1, 0.15) is 5.69 Å². The first-order chi connectivity index (χ1) is 14.2. The summed E-state index contributed by atoms with van der Waals surface area (Å²) in [6.07, 6.45) is 8.90. The average molecular weight is 392 g/mol. The summed E-state index contributed by atoms with van der Waals surface area (Å²) < 4.78 is 7.17. The number of nitrogens with one attached hydrogen (secondary N) is 1. The Balaban J connectivity index is 1.40. The van der Waals surface area contributed by atoms with Crippen molar-refractivity contribution in [3.63, 3.8) is 0 Å². The van der Waals surface area contributed by atoms with Crippen molar-refractivity contribution in [3.8, 4) is 22.5 Å². The number of pyridine rings is 1. The number of nitrogens with zero attached hydrogens (tertiary/aromatic N) is 5. The zero-order chi connectivity index (χ0) is 20.1. The monoisotopic (exact) mass is 392 g/mol. The molecule has 1 saturated heterocycles. The van der Waals surface area contributed by atoms with E-state index in [1.54, 1.807) is 24.8 Å². The van der Waals surface area contributed by atoms with Gasteiger partial charge in [0.2, 0.25) is 0 Å². The fraction of sp³-hybridized carbons (Fsp3) is 0.333. The number of carbonyl (C=O) groups is 1. The molecule has 0 aromatic carbocycles. The van der Waals surface area contributed by atoms with Crippen LogP contribution in [0.15, 0.2) is 49.2 Å². The smallest absolute Gasteiger partial charge is 0.267 e. The van der Waals surface area contributed by atoms with E-state index in [1.165, 1.54) is 0 Å². The Hall–Kier alpha value is -3.10. The summed E-state index contributed by atoms with van der Waals surface area (Å²) in [6.45, 7) is 4.80. The highest BCUT2D eigenvalue weighted by atomic mass is 16.5. The highest BCUT2D eigenvalue weighted by Gasteiger charge is 2.15. The van der Waals surface area contributed by atoms with Crippen LogP contribution in [0.2, 0.25) is 0 Å². The first-order valence-electron chi connectivity index (χ1n) is 9.68. The molecular formula is C21H24N6O2. The molecule has 4 rings (SSSR count).